The summed E-state index contributed by atoms with van der Waals surface area (Å²) in [6.45, 7) is 0. The molecule has 31 heavy (non-hydrogen) atoms. The number of hydrogen-bond donors (Lipinski definition) is 1. The highest BCUT2D eigenvalue weighted by Crippen LogP contribution is 2.23. The molecule has 10 heteroatoms. The van der Waals surface area contributed by atoms with Crippen LogP contribution in [0.25, 0.3) is 11.1 Å². The van der Waals surface area contributed by atoms with E-state index in [0.29, 0.717) is 22.1 Å². The van der Waals surface area contributed by atoms with Gasteiger partial charge in [-0.2, -0.15) is 5.10 Å². The third kappa shape index (κ3) is 5.83. The van der Waals surface area contributed by atoms with Crippen LogP contribution in [0.3, 0.4) is 0 Å². The van der Waals surface area contributed by atoms with E-state index < -0.39 is 0 Å². The fourth-order valence-electron chi connectivity index (χ4n) is 2.44. The first-order valence-electron chi connectivity index (χ1n) is 9.10. The van der Waals surface area contributed by atoms with E-state index in [1.54, 1.807) is 24.5 Å². The number of aromatic nitrogens is 2. The van der Waals surface area contributed by atoms with E-state index >= 15 is 0 Å². The Bertz CT molecular complexity index is 1210. The number of pyridine rings is 1. The first-order chi connectivity index (χ1) is 15.2. The van der Waals surface area contributed by atoms with Crippen LogP contribution in [-0.4, -0.2) is 27.5 Å². The zero-order valence-electron chi connectivity index (χ0n) is 16.0. The van der Waals surface area contributed by atoms with E-state index in [-0.39, 0.29) is 17.5 Å². The van der Waals surface area contributed by atoms with Crippen LogP contribution in [-0.2, 0) is 4.79 Å². The van der Waals surface area contributed by atoms with Gasteiger partial charge in [0.1, 0.15) is 5.52 Å². The van der Waals surface area contributed by atoms with Crippen LogP contribution in [0, 0.1) is 0 Å². The number of carbonyl (C=O) groups is 1. The van der Waals surface area contributed by atoms with E-state index in [0.717, 1.165) is 9.99 Å². The van der Waals surface area contributed by atoms with Gasteiger partial charge in [-0.25, -0.2) is 10.4 Å². The van der Waals surface area contributed by atoms with Crippen LogP contribution in [0.15, 0.2) is 102 Å². The standard InChI is InChI=1S/C21H15BrN6O2S/c22-15-7-9-16(10-8-15)25-27-20(14-4-3-11-23-12-14)28-26-19(29)13-31-21-24-17-5-1-2-6-18(17)30-21/h1-12H,13H2,(H,26,29)/b27-25?,28-20+. The summed E-state index contributed by atoms with van der Waals surface area (Å²) < 4.78 is 6.54. The highest BCUT2D eigenvalue weighted by molar-refractivity contribution is 9.10. The SMILES string of the molecule is O=C(CSc1nc2ccccc2o1)N/N=C(/N=Nc1ccc(Br)cc1)c1cccnc1. The molecule has 1 N–H and O–H groups in total. The molecule has 4 rings (SSSR count). The molecule has 2 aromatic heterocycles. The molecular weight excluding hydrogens is 480 g/mol. The lowest BCUT2D eigenvalue weighted by Gasteiger charge is -2.02. The van der Waals surface area contributed by atoms with Crippen LogP contribution < -0.4 is 5.43 Å². The monoisotopic (exact) mass is 494 g/mol. The predicted molar refractivity (Wildman–Crippen MR) is 122 cm³/mol. The van der Waals surface area contributed by atoms with Gasteiger partial charge in [0, 0.05) is 22.4 Å². The van der Waals surface area contributed by atoms with E-state index in [1.165, 1.54) is 11.8 Å². The Morgan fingerprint density at radius 3 is 2.71 bits per heavy atom. The van der Waals surface area contributed by atoms with Gasteiger partial charge in [0.15, 0.2) is 5.58 Å². The van der Waals surface area contributed by atoms with Gasteiger partial charge in [0.2, 0.25) is 5.84 Å². The van der Waals surface area contributed by atoms with Crippen LogP contribution >= 0.6 is 27.7 Å². The lowest BCUT2D eigenvalue weighted by atomic mass is 10.3. The predicted octanol–water partition coefficient (Wildman–Crippen LogP) is 5.34. The Kier molecular flexibility index (Phi) is 6.80. The zero-order valence-corrected chi connectivity index (χ0v) is 18.4. The molecule has 0 aliphatic heterocycles. The molecule has 0 saturated carbocycles. The minimum Gasteiger partial charge on any atom is -0.431 e. The highest BCUT2D eigenvalue weighted by Gasteiger charge is 2.10. The van der Waals surface area contributed by atoms with Gasteiger partial charge in [0.05, 0.1) is 11.4 Å². The topological polar surface area (TPSA) is 105 Å². The molecule has 154 valence electrons. The van der Waals surface area contributed by atoms with Crippen molar-refractivity contribution in [1.82, 2.24) is 15.4 Å². The van der Waals surface area contributed by atoms with Gasteiger partial charge in [-0.1, -0.05) is 39.8 Å². The van der Waals surface area contributed by atoms with E-state index in [4.69, 9.17) is 4.42 Å². The van der Waals surface area contributed by atoms with Crippen molar-refractivity contribution in [3.8, 4) is 0 Å². The number of amidine groups is 1. The number of carbonyl (C=O) groups excluding carboxylic acids is 1. The number of benzene rings is 2. The lowest BCUT2D eigenvalue weighted by Crippen LogP contribution is -2.21. The van der Waals surface area contributed by atoms with Crippen molar-refractivity contribution in [2.24, 2.45) is 15.3 Å². The number of hydrazone groups is 1. The van der Waals surface area contributed by atoms with Gasteiger partial charge in [-0.05, 0) is 48.5 Å². The van der Waals surface area contributed by atoms with Crippen molar-refractivity contribution in [2.75, 3.05) is 5.75 Å². The van der Waals surface area contributed by atoms with Gasteiger partial charge in [-0.3, -0.25) is 9.78 Å². The number of amides is 1. The third-order valence-electron chi connectivity index (χ3n) is 3.89. The molecule has 0 aliphatic rings. The summed E-state index contributed by atoms with van der Waals surface area (Å²) in [6, 6.07) is 18.3. The molecule has 0 bridgehead atoms. The minimum atomic E-state index is -0.326. The van der Waals surface area contributed by atoms with Crippen molar-refractivity contribution in [3.63, 3.8) is 0 Å². The average molecular weight is 495 g/mol. The van der Waals surface area contributed by atoms with Gasteiger partial charge < -0.3 is 4.42 Å². The van der Waals surface area contributed by atoms with Crippen molar-refractivity contribution >= 4 is 56.2 Å². The largest absolute Gasteiger partial charge is 0.431 e. The number of rotatable bonds is 6. The molecule has 0 unspecified atom stereocenters. The van der Waals surface area contributed by atoms with E-state index in [2.05, 4.69) is 46.7 Å². The first-order valence-corrected chi connectivity index (χ1v) is 10.9. The van der Waals surface area contributed by atoms with Gasteiger partial charge in [0.25, 0.3) is 11.1 Å². The summed E-state index contributed by atoms with van der Waals surface area (Å²) in [5, 5.41) is 12.9. The number of hydrogen-bond acceptors (Lipinski definition) is 7. The fraction of sp³-hybridized carbons (Fsp3) is 0.0476. The normalized spacial score (nSPS) is 11.8. The summed E-state index contributed by atoms with van der Waals surface area (Å²) in [5.41, 5.74) is 5.19. The second-order valence-electron chi connectivity index (χ2n) is 6.12. The molecule has 0 aliphatic carbocycles. The number of thioether (sulfide) groups is 1. The Morgan fingerprint density at radius 1 is 1.10 bits per heavy atom. The van der Waals surface area contributed by atoms with Crippen LogP contribution in [0.1, 0.15) is 5.56 Å². The van der Waals surface area contributed by atoms with Crippen molar-refractivity contribution < 1.29 is 9.21 Å². The Morgan fingerprint density at radius 2 is 1.94 bits per heavy atom. The van der Waals surface area contributed by atoms with Gasteiger partial charge in [-0.15, -0.1) is 10.2 Å². The molecule has 2 heterocycles. The second-order valence-corrected chi connectivity index (χ2v) is 7.97. The molecule has 4 aromatic rings. The Hall–Kier alpha value is -3.37. The average Bonchev–Trinajstić information content (AvgIpc) is 3.22. The Labute approximate surface area is 190 Å². The third-order valence-corrected chi connectivity index (χ3v) is 5.25. The van der Waals surface area contributed by atoms with Crippen LogP contribution in [0.2, 0.25) is 0 Å². The Balaban J connectivity index is 1.43. The van der Waals surface area contributed by atoms with E-state index in [1.807, 2.05) is 48.5 Å². The molecule has 2 aromatic carbocycles. The van der Waals surface area contributed by atoms with Crippen LogP contribution in [0.4, 0.5) is 5.69 Å². The fourth-order valence-corrected chi connectivity index (χ4v) is 3.34. The number of azo groups is 1. The first kappa shape index (κ1) is 20.9. The molecule has 0 saturated heterocycles. The summed E-state index contributed by atoms with van der Waals surface area (Å²) >= 11 is 4.56. The summed E-state index contributed by atoms with van der Waals surface area (Å²) in [4.78, 5) is 20.7. The number of para-hydroxylation sites is 2. The number of oxazole rings is 1. The second kappa shape index (κ2) is 10.1. The molecular formula is C21H15BrN6O2S. The number of nitrogens with one attached hydrogen (secondary N) is 1. The number of nitrogens with zero attached hydrogens (tertiary/aromatic N) is 5. The summed E-state index contributed by atoms with van der Waals surface area (Å²) in [7, 11) is 0. The minimum absolute atomic E-state index is 0.0838. The van der Waals surface area contributed by atoms with Crippen molar-refractivity contribution in [1.29, 1.82) is 0 Å². The maximum absolute atomic E-state index is 12.3. The number of halogens is 1. The summed E-state index contributed by atoms with van der Waals surface area (Å²) in [6.07, 6.45) is 3.24. The maximum Gasteiger partial charge on any atom is 0.257 e. The lowest BCUT2D eigenvalue weighted by molar-refractivity contribution is -0.118. The molecule has 0 fully saturated rings. The summed E-state index contributed by atoms with van der Waals surface area (Å²) in [5.74, 6) is -0.00995. The van der Waals surface area contributed by atoms with Crippen molar-refractivity contribution in [2.45, 2.75) is 5.22 Å². The number of fused-ring (bicyclic) bond motifs is 1. The van der Waals surface area contributed by atoms with Gasteiger partial charge >= 0.3 is 0 Å². The molecule has 0 radical (unpaired) electrons. The molecule has 0 spiro atoms. The quantitative estimate of drug-likeness (QED) is 0.128. The molecule has 0 atom stereocenters. The molecule has 1 amide bonds. The van der Waals surface area contributed by atoms with Crippen molar-refractivity contribution in [3.05, 3.63) is 83.1 Å². The zero-order chi connectivity index (χ0) is 21.5. The van der Waals surface area contributed by atoms with E-state index in [9.17, 15) is 4.79 Å². The molecule has 8 nitrogen and oxygen atoms in total. The highest BCUT2D eigenvalue weighted by atomic mass is 79.9. The maximum atomic E-state index is 12.3. The van der Waals surface area contributed by atoms with Crippen LogP contribution in [0.5, 0.6) is 0 Å². The smallest absolute Gasteiger partial charge is 0.257 e.